The summed E-state index contributed by atoms with van der Waals surface area (Å²) in [6, 6.07) is 12.0. The molecule has 1 aromatic carbocycles. The minimum absolute atomic E-state index is 0.0190. The lowest BCUT2D eigenvalue weighted by Crippen LogP contribution is -2.13. The topological polar surface area (TPSA) is 79.2 Å². The fraction of sp³-hybridized carbons (Fsp3) is 0.211. The Morgan fingerprint density at radius 1 is 1.28 bits per heavy atom. The molecular formula is C19H18N2O3S. The first kappa shape index (κ1) is 18.4. The molecule has 0 atom stereocenters. The maximum absolute atomic E-state index is 12.2. The highest BCUT2D eigenvalue weighted by Crippen LogP contribution is 2.16. The standard InChI is InChI=1S/C19H18N2O3S/c1-2-3-10-24-19(23)14-6-8-16(9-7-14)21-18(22)15(13-20)12-17-5-4-11-25-17/h4-9,11-12H,2-3,10H2,1H3,(H,21,22). The number of amides is 1. The van der Waals surface area contributed by atoms with Gasteiger partial charge in [0.1, 0.15) is 11.6 Å². The largest absolute Gasteiger partial charge is 0.462 e. The summed E-state index contributed by atoms with van der Waals surface area (Å²) < 4.78 is 5.13. The Balaban J connectivity index is 1.99. The van der Waals surface area contributed by atoms with Gasteiger partial charge in [-0.1, -0.05) is 19.4 Å². The summed E-state index contributed by atoms with van der Waals surface area (Å²) in [5.74, 6) is -0.879. The van der Waals surface area contributed by atoms with E-state index in [2.05, 4.69) is 5.32 Å². The molecule has 6 heteroatoms. The van der Waals surface area contributed by atoms with Crippen molar-refractivity contribution in [2.75, 3.05) is 11.9 Å². The fourth-order valence-corrected chi connectivity index (χ4v) is 2.60. The van der Waals surface area contributed by atoms with Crippen LogP contribution in [0, 0.1) is 11.3 Å². The Kier molecular flexibility index (Phi) is 6.93. The van der Waals surface area contributed by atoms with Gasteiger partial charge in [0.05, 0.1) is 12.2 Å². The highest BCUT2D eigenvalue weighted by Gasteiger charge is 2.11. The zero-order valence-corrected chi connectivity index (χ0v) is 14.6. The summed E-state index contributed by atoms with van der Waals surface area (Å²) in [4.78, 5) is 24.8. The lowest BCUT2D eigenvalue weighted by molar-refractivity contribution is -0.112. The maximum atomic E-state index is 12.2. The predicted molar refractivity (Wildman–Crippen MR) is 98.2 cm³/mol. The SMILES string of the molecule is CCCCOC(=O)c1ccc(NC(=O)C(C#N)=Cc2cccs2)cc1. The van der Waals surface area contributed by atoms with Crippen molar-refractivity contribution < 1.29 is 14.3 Å². The van der Waals surface area contributed by atoms with Crippen molar-refractivity contribution in [3.63, 3.8) is 0 Å². The number of esters is 1. The number of ether oxygens (including phenoxy) is 1. The van der Waals surface area contributed by atoms with E-state index in [0.29, 0.717) is 17.9 Å². The van der Waals surface area contributed by atoms with E-state index in [1.165, 1.54) is 11.3 Å². The summed E-state index contributed by atoms with van der Waals surface area (Å²) in [7, 11) is 0. The summed E-state index contributed by atoms with van der Waals surface area (Å²) >= 11 is 1.44. The van der Waals surface area contributed by atoms with Crippen LogP contribution in [0.3, 0.4) is 0 Å². The molecule has 1 heterocycles. The molecule has 2 rings (SSSR count). The Labute approximate surface area is 150 Å². The van der Waals surface area contributed by atoms with Crippen LogP contribution in [-0.4, -0.2) is 18.5 Å². The van der Waals surface area contributed by atoms with Crippen molar-refractivity contribution in [1.29, 1.82) is 5.26 Å². The van der Waals surface area contributed by atoms with Crippen LogP contribution in [0.4, 0.5) is 5.69 Å². The van der Waals surface area contributed by atoms with Gasteiger partial charge in [-0.2, -0.15) is 5.26 Å². The zero-order chi connectivity index (χ0) is 18.1. The highest BCUT2D eigenvalue weighted by molar-refractivity contribution is 7.10. The smallest absolute Gasteiger partial charge is 0.338 e. The molecule has 0 saturated carbocycles. The highest BCUT2D eigenvalue weighted by atomic mass is 32.1. The molecule has 0 aliphatic heterocycles. The number of anilines is 1. The minimum Gasteiger partial charge on any atom is -0.462 e. The van der Waals surface area contributed by atoms with Crippen LogP contribution in [0.15, 0.2) is 47.4 Å². The molecule has 0 aliphatic rings. The van der Waals surface area contributed by atoms with Crippen LogP contribution in [0.1, 0.15) is 35.0 Å². The molecule has 2 aromatic rings. The molecule has 1 N–H and O–H groups in total. The number of nitrogens with zero attached hydrogens (tertiary/aromatic N) is 1. The number of nitrogens with one attached hydrogen (secondary N) is 1. The number of thiophene rings is 1. The van der Waals surface area contributed by atoms with Gasteiger partial charge in [-0.15, -0.1) is 11.3 Å². The fourth-order valence-electron chi connectivity index (χ4n) is 1.94. The number of benzene rings is 1. The average Bonchev–Trinajstić information content (AvgIpc) is 3.13. The first-order chi connectivity index (χ1) is 12.1. The van der Waals surface area contributed by atoms with E-state index in [4.69, 9.17) is 10.00 Å². The lowest BCUT2D eigenvalue weighted by Gasteiger charge is -2.06. The number of hydrogen-bond donors (Lipinski definition) is 1. The van der Waals surface area contributed by atoms with Crippen LogP contribution >= 0.6 is 11.3 Å². The normalized spacial score (nSPS) is 10.8. The summed E-state index contributed by atoms with van der Waals surface area (Å²) in [5, 5.41) is 13.7. The number of carbonyl (C=O) groups is 2. The number of unbranched alkanes of at least 4 members (excludes halogenated alkanes) is 1. The summed E-state index contributed by atoms with van der Waals surface area (Å²) in [6.45, 7) is 2.42. The van der Waals surface area contributed by atoms with Gasteiger partial charge >= 0.3 is 5.97 Å². The molecule has 1 aromatic heterocycles. The number of hydrogen-bond acceptors (Lipinski definition) is 5. The Morgan fingerprint density at radius 2 is 2.04 bits per heavy atom. The van der Waals surface area contributed by atoms with Crippen molar-refractivity contribution in [3.8, 4) is 6.07 Å². The molecule has 0 saturated heterocycles. The third-order valence-corrected chi connectivity index (χ3v) is 4.12. The second kappa shape index (κ2) is 9.40. The van der Waals surface area contributed by atoms with Crippen molar-refractivity contribution >= 4 is 35.0 Å². The maximum Gasteiger partial charge on any atom is 0.338 e. The lowest BCUT2D eigenvalue weighted by atomic mass is 10.2. The van der Waals surface area contributed by atoms with Crippen LogP contribution in [0.2, 0.25) is 0 Å². The Hall–Kier alpha value is -2.91. The number of rotatable bonds is 7. The van der Waals surface area contributed by atoms with E-state index in [0.717, 1.165) is 17.7 Å². The van der Waals surface area contributed by atoms with Crippen LogP contribution in [-0.2, 0) is 9.53 Å². The molecule has 5 nitrogen and oxygen atoms in total. The second-order valence-corrected chi connectivity index (χ2v) is 6.19. The molecular weight excluding hydrogens is 336 g/mol. The number of nitriles is 1. The quantitative estimate of drug-likeness (QED) is 0.349. The molecule has 0 spiro atoms. The first-order valence-electron chi connectivity index (χ1n) is 7.88. The second-order valence-electron chi connectivity index (χ2n) is 5.21. The van der Waals surface area contributed by atoms with Crippen LogP contribution in [0.5, 0.6) is 0 Å². The molecule has 0 radical (unpaired) electrons. The minimum atomic E-state index is -0.492. The van der Waals surface area contributed by atoms with E-state index in [9.17, 15) is 9.59 Å². The molecule has 0 unspecified atom stereocenters. The summed E-state index contributed by atoms with van der Waals surface area (Å²) in [6.07, 6.45) is 3.32. The van der Waals surface area contributed by atoms with Crippen LogP contribution < -0.4 is 5.32 Å². The van der Waals surface area contributed by atoms with Crippen molar-refractivity contribution in [2.24, 2.45) is 0 Å². The Morgan fingerprint density at radius 3 is 2.64 bits per heavy atom. The van der Waals surface area contributed by atoms with Gasteiger partial charge in [-0.25, -0.2) is 4.79 Å². The van der Waals surface area contributed by atoms with Gasteiger partial charge in [-0.3, -0.25) is 4.79 Å². The van der Waals surface area contributed by atoms with E-state index < -0.39 is 5.91 Å². The van der Waals surface area contributed by atoms with E-state index in [1.807, 2.05) is 30.5 Å². The van der Waals surface area contributed by atoms with Gasteiger partial charge in [0.2, 0.25) is 0 Å². The van der Waals surface area contributed by atoms with Gasteiger partial charge < -0.3 is 10.1 Å². The Bertz CT molecular complexity index is 787. The van der Waals surface area contributed by atoms with Crippen molar-refractivity contribution in [3.05, 3.63) is 57.8 Å². The van der Waals surface area contributed by atoms with Crippen LogP contribution in [0.25, 0.3) is 6.08 Å². The van der Waals surface area contributed by atoms with Gasteiger partial charge in [-0.05, 0) is 48.2 Å². The zero-order valence-electron chi connectivity index (χ0n) is 13.8. The third kappa shape index (κ3) is 5.59. The molecule has 25 heavy (non-hydrogen) atoms. The molecule has 128 valence electrons. The molecule has 0 bridgehead atoms. The van der Waals surface area contributed by atoms with Gasteiger partial charge in [0.25, 0.3) is 5.91 Å². The predicted octanol–water partition coefficient (Wildman–Crippen LogP) is 4.25. The van der Waals surface area contributed by atoms with Gasteiger partial charge in [0.15, 0.2) is 0 Å². The van der Waals surface area contributed by atoms with Crippen molar-refractivity contribution in [1.82, 2.24) is 0 Å². The van der Waals surface area contributed by atoms with Crippen molar-refractivity contribution in [2.45, 2.75) is 19.8 Å². The van der Waals surface area contributed by atoms with E-state index in [1.54, 1.807) is 30.3 Å². The average molecular weight is 354 g/mol. The molecule has 0 aliphatic carbocycles. The summed E-state index contributed by atoms with van der Waals surface area (Å²) in [5.41, 5.74) is 0.941. The van der Waals surface area contributed by atoms with E-state index >= 15 is 0 Å². The monoisotopic (exact) mass is 354 g/mol. The first-order valence-corrected chi connectivity index (χ1v) is 8.76. The third-order valence-electron chi connectivity index (χ3n) is 3.30. The van der Waals surface area contributed by atoms with E-state index in [-0.39, 0.29) is 11.5 Å². The number of carbonyl (C=O) groups excluding carboxylic acids is 2. The molecule has 1 amide bonds. The van der Waals surface area contributed by atoms with Gasteiger partial charge in [0, 0.05) is 10.6 Å². The molecule has 0 fully saturated rings.